The summed E-state index contributed by atoms with van der Waals surface area (Å²) < 4.78 is 1.71. The smallest absolute Gasteiger partial charge is 0.131 e. The van der Waals surface area contributed by atoms with Gasteiger partial charge in [0.2, 0.25) is 0 Å². The van der Waals surface area contributed by atoms with E-state index in [4.69, 9.17) is 5.41 Å². The molecule has 0 aliphatic carbocycles. The highest BCUT2D eigenvalue weighted by molar-refractivity contribution is 6.14. The van der Waals surface area contributed by atoms with Crippen LogP contribution < -0.4 is 0 Å². The van der Waals surface area contributed by atoms with Gasteiger partial charge in [-0.3, -0.25) is 9.67 Å². The van der Waals surface area contributed by atoms with E-state index in [1.165, 1.54) is 11.8 Å². The second-order valence-corrected chi connectivity index (χ2v) is 5.23. The molecule has 0 radical (unpaired) electrons. The van der Waals surface area contributed by atoms with Crippen molar-refractivity contribution in [2.24, 2.45) is 7.05 Å². The molecule has 23 heavy (non-hydrogen) atoms. The van der Waals surface area contributed by atoms with Gasteiger partial charge in [0, 0.05) is 36.8 Å². The van der Waals surface area contributed by atoms with Crippen LogP contribution in [0.5, 0.6) is 0 Å². The molecule has 0 unspecified atom stereocenters. The summed E-state index contributed by atoms with van der Waals surface area (Å²) in [5.41, 5.74) is 4.54. The Balaban J connectivity index is 1.88. The molecule has 0 saturated carbocycles. The van der Waals surface area contributed by atoms with Crippen molar-refractivity contribution >= 4 is 17.9 Å². The first kappa shape index (κ1) is 14.9. The number of allylic oxidation sites excluding steroid dienone is 1. The summed E-state index contributed by atoms with van der Waals surface area (Å²) in [6, 6.07) is 4.05. The van der Waals surface area contributed by atoms with E-state index in [-0.39, 0.29) is 0 Å². The van der Waals surface area contributed by atoms with Crippen molar-refractivity contribution in [3.63, 3.8) is 0 Å². The first-order chi connectivity index (χ1) is 11.2. The lowest BCUT2D eigenvalue weighted by Crippen LogP contribution is -1.88. The first-order valence-electron chi connectivity index (χ1n) is 7.41. The average Bonchev–Trinajstić information content (AvgIpc) is 3.22. The van der Waals surface area contributed by atoms with E-state index in [1.54, 1.807) is 17.1 Å². The maximum atomic E-state index is 7.59. The number of imidazole rings is 1. The summed E-state index contributed by atoms with van der Waals surface area (Å²) in [5.74, 6) is 0.684. The molecule has 3 rings (SSSR count). The SMILES string of the molecule is CCc1ccc(-c2cnc(/C=C(\C=N)c3cnn(C)c3)[nH]2)nc1. The van der Waals surface area contributed by atoms with E-state index >= 15 is 0 Å². The summed E-state index contributed by atoms with van der Waals surface area (Å²) in [4.78, 5) is 12.0. The number of hydrogen-bond acceptors (Lipinski definition) is 4. The summed E-state index contributed by atoms with van der Waals surface area (Å²) in [6.07, 6.45) is 11.3. The Morgan fingerprint density at radius 1 is 1.26 bits per heavy atom. The van der Waals surface area contributed by atoms with Crippen molar-refractivity contribution < 1.29 is 0 Å². The van der Waals surface area contributed by atoms with Crippen molar-refractivity contribution in [3.8, 4) is 11.4 Å². The minimum Gasteiger partial charge on any atom is -0.337 e. The van der Waals surface area contributed by atoms with Crippen LogP contribution in [-0.4, -0.2) is 30.9 Å². The Kier molecular flexibility index (Phi) is 4.14. The Morgan fingerprint density at radius 2 is 2.13 bits per heavy atom. The van der Waals surface area contributed by atoms with E-state index < -0.39 is 0 Å². The first-order valence-corrected chi connectivity index (χ1v) is 7.41. The zero-order valence-electron chi connectivity index (χ0n) is 13.1. The van der Waals surface area contributed by atoms with Gasteiger partial charge in [-0.2, -0.15) is 5.10 Å². The van der Waals surface area contributed by atoms with Crippen LogP contribution in [0.3, 0.4) is 0 Å². The molecular weight excluding hydrogens is 288 g/mol. The van der Waals surface area contributed by atoms with Gasteiger partial charge >= 0.3 is 0 Å². The largest absolute Gasteiger partial charge is 0.337 e. The Morgan fingerprint density at radius 3 is 2.74 bits per heavy atom. The number of H-pyrrole nitrogens is 1. The van der Waals surface area contributed by atoms with Crippen LogP contribution >= 0.6 is 0 Å². The second-order valence-electron chi connectivity index (χ2n) is 5.23. The molecule has 0 aliphatic heterocycles. The molecule has 0 spiro atoms. The molecule has 2 N–H and O–H groups in total. The predicted octanol–water partition coefficient (Wildman–Crippen LogP) is 2.96. The molecule has 3 aromatic heterocycles. The number of rotatable bonds is 5. The maximum absolute atomic E-state index is 7.59. The van der Waals surface area contributed by atoms with Crippen molar-refractivity contribution in [2.75, 3.05) is 0 Å². The molecule has 0 amide bonds. The average molecular weight is 306 g/mol. The van der Waals surface area contributed by atoms with Crippen LogP contribution in [0.4, 0.5) is 0 Å². The molecule has 3 heterocycles. The van der Waals surface area contributed by atoms with Gasteiger partial charge < -0.3 is 10.4 Å². The Bertz CT molecular complexity index is 838. The third kappa shape index (κ3) is 3.26. The number of aromatic nitrogens is 5. The maximum Gasteiger partial charge on any atom is 0.131 e. The highest BCUT2D eigenvalue weighted by Gasteiger charge is 2.06. The van der Waals surface area contributed by atoms with Gasteiger partial charge in [0.1, 0.15) is 5.82 Å². The van der Waals surface area contributed by atoms with Crippen molar-refractivity contribution in [3.05, 3.63) is 53.9 Å². The Labute approximate surface area is 134 Å². The zero-order valence-corrected chi connectivity index (χ0v) is 13.1. The van der Waals surface area contributed by atoms with Gasteiger partial charge in [-0.15, -0.1) is 0 Å². The van der Waals surface area contributed by atoms with Crippen molar-refractivity contribution in [1.82, 2.24) is 24.7 Å². The normalized spacial score (nSPS) is 11.7. The van der Waals surface area contributed by atoms with Crippen molar-refractivity contribution in [1.29, 1.82) is 5.41 Å². The van der Waals surface area contributed by atoms with Crippen molar-refractivity contribution in [2.45, 2.75) is 13.3 Å². The van der Waals surface area contributed by atoms with Crippen LogP contribution in [0, 0.1) is 5.41 Å². The van der Waals surface area contributed by atoms with Gasteiger partial charge in [-0.25, -0.2) is 4.98 Å². The summed E-state index contributed by atoms with van der Waals surface area (Å²) in [6.45, 7) is 2.10. The lowest BCUT2D eigenvalue weighted by Gasteiger charge is -1.99. The molecule has 6 heteroatoms. The number of aromatic amines is 1. The third-order valence-corrected chi connectivity index (χ3v) is 3.59. The highest BCUT2D eigenvalue weighted by Crippen LogP contribution is 2.18. The van der Waals surface area contributed by atoms with Gasteiger partial charge in [0.15, 0.2) is 0 Å². The topological polar surface area (TPSA) is 83.2 Å². The fourth-order valence-corrected chi connectivity index (χ4v) is 2.26. The van der Waals surface area contributed by atoms with Gasteiger partial charge in [0.25, 0.3) is 0 Å². The number of nitrogens with zero attached hydrogens (tertiary/aromatic N) is 4. The number of hydrogen-bond donors (Lipinski definition) is 2. The molecular formula is C17H18N6. The molecule has 0 atom stereocenters. The quantitative estimate of drug-likeness (QED) is 0.711. The van der Waals surface area contributed by atoms with Gasteiger partial charge in [-0.05, 0) is 24.1 Å². The van der Waals surface area contributed by atoms with Crippen LogP contribution in [0.2, 0.25) is 0 Å². The van der Waals surface area contributed by atoms with E-state index in [0.717, 1.165) is 28.9 Å². The molecule has 116 valence electrons. The van der Waals surface area contributed by atoms with E-state index in [0.29, 0.717) is 5.82 Å². The fourth-order valence-electron chi connectivity index (χ4n) is 2.26. The number of aryl methyl sites for hydroxylation is 2. The highest BCUT2D eigenvalue weighted by atomic mass is 15.2. The second kappa shape index (κ2) is 6.39. The molecule has 0 bridgehead atoms. The molecule has 6 nitrogen and oxygen atoms in total. The zero-order chi connectivity index (χ0) is 16.2. The van der Waals surface area contributed by atoms with E-state index in [9.17, 15) is 0 Å². The minimum atomic E-state index is 0.684. The molecule has 0 aromatic carbocycles. The van der Waals surface area contributed by atoms with E-state index in [2.05, 4.69) is 33.0 Å². The third-order valence-electron chi connectivity index (χ3n) is 3.59. The number of pyridine rings is 1. The van der Waals surface area contributed by atoms with E-state index in [1.807, 2.05) is 31.6 Å². The van der Waals surface area contributed by atoms with Gasteiger partial charge in [0.05, 0.1) is 23.8 Å². The molecule has 0 saturated heterocycles. The number of nitrogens with one attached hydrogen (secondary N) is 2. The van der Waals surface area contributed by atoms with Gasteiger partial charge in [-0.1, -0.05) is 13.0 Å². The lowest BCUT2D eigenvalue weighted by atomic mass is 10.1. The minimum absolute atomic E-state index is 0.684. The lowest BCUT2D eigenvalue weighted by molar-refractivity contribution is 0.767. The summed E-state index contributed by atoms with van der Waals surface area (Å²) in [5, 5.41) is 11.7. The summed E-state index contributed by atoms with van der Waals surface area (Å²) >= 11 is 0. The van der Waals surface area contributed by atoms with Crippen LogP contribution in [-0.2, 0) is 13.5 Å². The fraction of sp³-hybridized carbons (Fsp3) is 0.176. The Hall–Kier alpha value is -3.02. The molecule has 3 aromatic rings. The standard InChI is InChI=1S/C17H18N6/c1-3-12-4-5-15(19-8-12)16-10-20-17(22-16)6-13(7-18)14-9-21-23(2)11-14/h4-11,18H,3H2,1-2H3,(H,20,22)/b13-6+,18-7?. The molecule has 0 fully saturated rings. The molecule has 0 aliphatic rings. The van der Waals surface area contributed by atoms with Crippen LogP contribution in [0.1, 0.15) is 23.9 Å². The van der Waals surface area contributed by atoms with Crippen LogP contribution in [0.15, 0.2) is 36.9 Å². The van der Waals surface area contributed by atoms with Crippen LogP contribution in [0.25, 0.3) is 23.0 Å². The summed E-state index contributed by atoms with van der Waals surface area (Å²) in [7, 11) is 1.85. The monoisotopic (exact) mass is 306 g/mol. The predicted molar refractivity (Wildman–Crippen MR) is 91.1 cm³/mol.